The van der Waals surface area contributed by atoms with Crippen molar-refractivity contribution in [3.05, 3.63) is 0 Å². The predicted molar refractivity (Wildman–Crippen MR) is 118 cm³/mol. The predicted octanol–water partition coefficient (Wildman–Crippen LogP) is -2.77. The molecule has 0 radical (unpaired) electrons. The summed E-state index contributed by atoms with van der Waals surface area (Å²) in [5.74, 6) is -5.69. The van der Waals surface area contributed by atoms with Crippen molar-refractivity contribution in [2.45, 2.75) is 75.5 Å². The fourth-order valence-electron chi connectivity index (χ4n) is 3.61. The van der Waals surface area contributed by atoms with Crippen LogP contribution in [0.15, 0.2) is 0 Å². The summed E-state index contributed by atoms with van der Waals surface area (Å²) in [6, 6.07) is -4.87. The molecule has 1 saturated heterocycles. The third-order valence-electron chi connectivity index (χ3n) is 5.43. The molecular weight excluding hydrogens is 452 g/mol. The van der Waals surface area contributed by atoms with Gasteiger partial charge in [-0.15, -0.1) is 0 Å². The van der Waals surface area contributed by atoms with Gasteiger partial charge in [-0.2, -0.15) is 0 Å². The zero-order valence-electron chi connectivity index (χ0n) is 18.9. The molecule has 14 heteroatoms. The van der Waals surface area contributed by atoms with E-state index < -0.39 is 66.2 Å². The number of aliphatic carboxylic acids is 2. The van der Waals surface area contributed by atoms with Crippen LogP contribution in [0.5, 0.6) is 0 Å². The Morgan fingerprint density at radius 2 is 1.68 bits per heavy atom. The highest BCUT2D eigenvalue weighted by Crippen LogP contribution is 2.20. The number of carboxylic acid groups (broad SMARTS) is 2. The third-order valence-corrected chi connectivity index (χ3v) is 5.43. The number of rotatable bonds is 15. The molecule has 4 amide bonds. The SMILES string of the molecule is NCCCCC(N)C(=O)NC(CC(=O)O)C(=O)N1CCCC1C(=O)NC(CCC(N)=O)C(=O)O. The van der Waals surface area contributed by atoms with E-state index in [9.17, 15) is 39.0 Å². The van der Waals surface area contributed by atoms with Crippen LogP contribution in [0.4, 0.5) is 0 Å². The van der Waals surface area contributed by atoms with Crippen molar-refractivity contribution in [2.75, 3.05) is 13.1 Å². The Bertz CT molecular complexity index is 776. The number of nitrogens with one attached hydrogen (secondary N) is 2. The van der Waals surface area contributed by atoms with Crippen molar-refractivity contribution in [2.24, 2.45) is 17.2 Å². The largest absolute Gasteiger partial charge is 0.481 e. The molecule has 0 aromatic heterocycles. The molecule has 4 atom stereocenters. The first-order valence-corrected chi connectivity index (χ1v) is 11.1. The van der Waals surface area contributed by atoms with E-state index >= 15 is 0 Å². The van der Waals surface area contributed by atoms with Crippen LogP contribution in [0.2, 0.25) is 0 Å². The van der Waals surface area contributed by atoms with Crippen LogP contribution in [0.3, 0.4) is 0 Å². The first-order chi connectivity index (χ1) is 16.0. The van der Waals surface area contributed by atoms with Gasteiger partial charge in [0, 0.05) is 13.0 Å². The molecule has 0 saturated carbocycles. The van der Waals surface area contributed by atoms with Gasteiger partial charge in [-0.3, -0.25) is 24.0 Å². The number of amides is 4. The van der Waals surface area contributed by atoms with Crippen molar-refractivity contribution in [1.29, 1.82) is 0 Å². The van der Waals surface area contributed by atoms with Gasteiger partial charge in [0.15, 0.2) is 0 Å². The van der Waals surface area contributed by atoms with Crippen molar-refractivity contribution < 1.29 is 39.0 Å². The van der Waals surface area contributed by atoms with Crippen LogP contribution in [0.1, 0.15) is 51.4 Å². The van der Waals surface area contributed by atoms with E-state index in [4.69, 9.17) is 17.2 Å². The number of primary amides is 1. The van der Waals surface area contributed by atoms with Gasteiger partial charge in [0.1, 0.15) is 18.1 Å². The number of hydrogen-bond donors (Lipinski definition) is 7. The summed E-state index contributed by atoms with van der Waals surface area (Å²) in [5.41, 5.74) is 16.3. The summed E-state index contributed by atoms with van der Waals surface area (Å²) in [4.78, 5) is 73.0. The molecule has 0 aliphatic carbocycles. The zero-order valence-corrected chi connectivity index (χ0v) is 18.9. The number of unbranched alkanes of at least 4 members (excludes halogenated alkanes) is 1. The lowest BCUT2D eigenvalue weighted by atomic mass is 10.1. The number of carbonyl (C=O) groups is 6. The first-order valence-electron chi connectivity index (χ1n) is 11.1. The standard InChI is InChI=1S/C20H34N6O8/c21-8-2-1-4-11(22)17(30)25-13(10-16(28)29)19(32)26-9-3-5-14(26)18(31)24-12(20(33)34)6-7-15(23)27/h11-14H,1-10,21-22H2,(H2,23,27)(H,24,31)(H,25,30)(H,28,29)(H,33,34). The smallest absolute Gasteiger partial charge is 0.326 e. The maximum Gasteiger partial charge on any atom is 0.326 e. The fraction of sp³-hybridized carbons (Fsp3) is 0.700. The van der Waals surface area contributed by atoms with Gasteiger partial charge in [-0.1, -0.05) is 6.42 Å². The van der Waals surface area contributed by atoms with E-state index in [1.165, 1.54) is 0 Å². The Balaban J connectivity index is 2.90. The number of carboxylic acids is 2. The molecule has 1 rings (SSSR count). The van der Waals surface area contributed by atoms with E-state index in [1.807, 2.05) is 0 Å². The highest BCUT2D eigenvalue weighted by molar-refractivity contribution is 5.96. The highest BCUT2D eigenvalue weighted by Gasteiger charge is 2.39. The van der Waals surface area contributed by atoms with E-state index in [1.54, 1.807) is 0 Å². The molecule has 1 heterocycles. The lowest BCUT2D eigenvalue weighted by Gasteiger charge is -2.29. The van der Waals surface area contributed by atoms with Crippen LogP contribution in [-0.2, 0) is 28.8 Å². The molecule has 1 aliphatic rings. The Morgan fingerprint density at radius 3 is 2.24 bits per heavy atom. The van der Waals surface area contributed by atoms with Crippen LogP contribution in [0, 0.1) is 0 Å². The molecule has 4 unspecified atom stereocenters. The molecule has 1 aliphatic heterocycles. The molecular formula is C20H34N6O8. The van der Waals surface area contributed by atoms with Crippen LogP contribution < -0.4 is 27.8 Å². The molecule has 0 aromatic carbocycles. The quantitative estimate of drug-likeness (QED) is 0.117. The Morgan fingerprint density at radius 1 is 1.00 bits per heavy atom. The summed E-state index contributed by atoms with van der Waals surface area (Å²) in [6.07, 6.45) is 0.952. The fourth-order valence-corrected chi connectivity index (χ4v) is 3.61. The number of carbonyl (C=O) groups excluding carboxylic acids is 4. The summed E-state index contributed by atoms with van der Waals surface area (Å²) in [7, 11) is 0. The zero-order chi connectivity index (χ0) is 25.8. The van der Waals surface area contributed by atoms with Gasteiger partial charge in [0.05, 0.1) is 12.5 Å². The molecule has 0 aromatic rings. The van der Waals surface area contributed by atoms with E-state index in [0.29, 0.717) is 32.2 Å². The second-order valence-electron chi connectivity index (χ2n) is 8.14. The minimum absolute atomic E-state index is 0.116. The number of nitrogens with zero attached hydrogens (tertiary/aromatic N) is 1. The van der Waals surface area contributed by atoms with E-state index in [-0.39, 0.29) is 25.8 Å². The summed E-state index contributed by atoms with van der Waals surface area (Å²) in [6.45, 7) is 0.544. The Kier molecular flexibility index (Phi) is 11.9. The number of likely N-dealkylation sites (tertiary alicyclic amines) is 1. The third kappa shape index (κ3) is 9.31. The molecule has 14 nitrogen and oxygen atoms in total. The van der Waals surface area contributed by atoms with Gasteiger partial charge < -0.3 is 42.9 Å². The van der Waals surface area contributed by atoms with Gasteiger partial charge >= 0.3 is 11.9 Å². The normalized spacial score (nSPS) is 17.9. The number of nitrogens with two attached hydrogens (primary N) is 3. The van der Waals surface area contributed by atoms with Crippen LogP contribution >= 0.6 is 0 Å². The van der Waals surface area contributed by atoms with Crippen molar-refractivity contribution >= 4 is 35.6 Å². The van der Waals surface area contributed by atoms with Crippen molar-refractivity contribution in [3.8, 4) is 0 Å². The van der Waals surface area contributed by atoms with Crippen molar-refractivity contribution in [1.82, 2.24) is 15.5 Å². The summed E-state index contributed by atoms with van der Waals surface area (Å²) < 4.78 is 0. The first kappa shape index (κ1) is 28.8. The Hall–Kier alpha value is -3.26. The van der Waals surface area contributed by atoms with E-state index in [0.717, 1.165) is 4.90 Å². The van der Waals surface area contributed by atoms with E-state index in [2.05, 4.69) is 10.6 Å². The molecule has 34 heavy (non-hydrogen) atoms. The molecule has 0 bridgehead atoms. The second kappa shape index (κ2) is 14.1. The Labute approximate surface area is 196 Å². The second-order valence-corrected chi connectivity index (χ2v) is 8.14. The van der Waals surface area contributed by atoms with Gasteiger partial charge in [-0.05, 0) is 38.6 Å². The van der Waals surface area contributed by atoms with Gasteiger partial charge in [-0.25, -0.2) is 4.79 Å². The minimum atomic E-state index is -1.45. The average molecular weight is 487 g/mol. The average Bonchev–Trinajstić information content (AvgIpc) is 3.24. The summed E-state index contributed by atoms with van der Waals surface area (Å²) >= 11 is 0. The topological polar surface area (TPSA) is 248 Å². The minimum Gasteiger partial charge on any atom is -0.481 e. The highest BCUT2D eigenvalue weighted by atomic mass is 16.4. The molecule has 10 N–H and O–H groups in total. The monoisotopic (exact) mass is 486 g/mol. The maximum absolute atomic E-state index is 13.1. The van der Waals surface area contributed by atoms with Crippen LogP contribution in [-0.4, -0.2) is 87.9 Å². The summed E-state index contributed by atoms with van der Waals surface area (Å²) in [5, 5.41) is 23.2. The van der Waals surface area contributed by atoms with Gasteiger partial charge in [0.25, 0.3) is 0 Å². The lowest BCUT2D eigenvalue weighted by Crippen LogP contribution is -2.57. The maximum atomic E-state index is 13.1. The van der Waals surface area contributed by atoms with Crippen molar-refractivity contribution in [3.63, 3.8) is 0 Å². The molecule has 0 spiro atoms. The number of hydrogen-bond acceptors (Lipinski definition) is 8. The van der Waals surface area contributed by atoms with Gasteiger partial charge in [0.2, 0.25) is 23.6 Å². The molecule has 192 valence electrons. The molecule has 1 fully saturated rings. The lowest BCUT2D eigenvalue weighted by molar-refractivity contribution is -0.147. The van der Waals surface area contributed by atoms with Crippen LogP contribution in [0.25, 0.3) is 0 Å².